The minimum absolute atomic E-state index is 1.29. The number of hydrogen-bond acceptors (Lipinski definition) is 1. The Morgan fingerprint density at radius 1 is 0.750 bits per heavy atom. The standard InChI is InChI=1S/C22H30N2/c1-15-11-17(3)21(18(4)12-15)23(7)9-10-24(8)22-19(5)13-16(2)14-20(22)6/h9-14H,1-8H3/p+1/b10-9-. The van der Waals surface area contributed by atoms with Crippen LogP contribution < -0.4 is 9.80 Å². The molecule has 0 aliphatic heterocycles. The van der Waals surface area contributed by atoms with E-state index in [0.29, 0.717) is 0 Å². The summed E-state index contributed by atoms with van der Waals surface area (Å²) in [5.74, 6) is 0. The van der Waals surface area contributed by atoms with Crippen LogP contribution in [-0.2, 0) is 0 Å². The minimum Gasteiger partial charge on any atom is -0.346 e. The molecule has 2 aromatic rings. The van der Waals surface area contributed by atoms with E-state index in [4.69, 9.17) is 0 Å². The summed E-state index contributed by atoms with van der Waals surface area (Å²) in [5, 5.41) is 0. The van der Waals surface area contributed by atoms with Crippen molar-refractivity contribution >= 4 is 11.4 Å². The monoisotopic (exact) mass is 323 g/mol. The quantitative estimate of drug-likeness (QED) is 0.882. The third-order valence-electron chi connectivity index (χ3n) is 4.61. The van der Waals surface area contributed by atoms with Crippen molar-refractivity contribution in [3.8, 4) is 0 Å². The van der Waals surface area contributed by atoms with Crippen LogP contribution in [0.1, 0.15) is 33.4 Å². The Labute approximate surface area is 147 Å². The Morgan fingerprint density at radius 3 is 1.62 bits per heavy atom. The zero-order chi connectivity index (χ0) is 18.0. The summed E-state index contributed by atoms with van der Waals surface area (Å²) >= 11 is 0. The molecule has 2 nitrogen and oxygen atoms in total. The van der Waals surface area contributed by atoms with E-state index in [9.17, 15) is 0 Å². The highest BCUT2D eigenvalue weighted by atomic mass is 15.1. The first-order valence-electron chi connectivity index (χ1n) is 8.61. The maximum Gasteiger partial charge on any atom is 0.141 e. The van der Waals surface area contributed by atoms with E-state index in [1.54, 1.807) is 0 Å². The molecule has 2 rings (SSSR count). The van der Waals surface area contributed by atoms with Gasteiger partial charge in [-0.05, 0) is 52.7 Å². The van der Waals surface area contributed by atoms with Crippen LogP contribution in [0, 0.1) is 41.5 Å². The average Bonchev–Trinajstić information content (AvgIpc) is 2.42. The first kappa shape index (κ1) is 18.3. The van der Waals surface area contributed by atoms with Crippen LogP contribution in [0.25, 0.3) is 0 Å². The zero-order valence-electron chi connectivity index (χ0n) is 16.4. The van der Waals surface area contributed by atoms with Gasteiger partial charge in [0.1, 0.15) is 11.9 Å². The van der Waals surface area contributed by atoms with Gasteiger partial charge in [0.25, 0.3) is 0 Å². The molecule has 0 spiro atoms. The second-order valence-corrected chi connectivity index (χ2v) is 7.13. The normalized spacial score (nSPS) is 12.7. The van der Waals surface area contributed by atoms with Crippen LogP contribution in [0.15, 0.2) is 36.7 Å². The highest BCUT2D eigenvalue weighted by Gasteiger charge is 2.13. The Balaban J connectivity index is 2.28. The van der Waals surface area contributed by atoms with E-state index in [1.165, 1.54) is 49.7 Å². The molecule has 0 bridgehead atoms. The van der Waals surface area contributed by atoms with Crippen molar-refractivity contribution < 1.29 is 4.90 Å². The summed E-state index contributed by atoms with van der Waals surface area (Å²) in [6, 6.07) is 9.02. The third kappa shape index (κ3) is 3.88. The Hall–Kier alpha value is -2.06. The van der Waals surface area contributed by atoms with Crippen molar-refractivity contribution in [2.45, 2.75) is 41.5 Å². The fraction of sp³-hybridized carbons (Fsp3) is 0.364. The van der Waals surface area contributed by atoms with Crippen LogP contribution in [-0.4, -0.2) is 14.1 Å². The van der Waals surface area contributed by atoms with Gasteiger partial charge in [-0.15, -0.1) is 0 Å². The average molecular weight is 324 g/mol. The molecule has 0 aliphatic carbocycles. The number of rotatable bonds is 4. The lowest BCUT2D eigenvalue weighted by molar-refractivity contribution is -0.751. The molecule has 1 N–H and O–H groups in total. The maximum absolute atomic E-state index is 2.26. The van der Waals surface area contributed by atoms with Crippen molar-refractivity contribution in [3.05, 3.63) is 70.0 Å². The molecule has 2 heteroatoms. The molecule has 0 aromatic heterocycles. The second-order valence-electron chi connectivity index (χ2n) is 7.13. The van der Waals surface area contributed by atoms with Crippen LogP contribution >= 0.6 is 0 Å². The zero-order valence-corrected chi connectivity index (χ0v) is 16.4. The van der Waals surface area contributed by atoms with Crippen molar-refractivity contribution in [3.63, 3.8) is 0 Å². The summed E-state index contributed by atoms with van der Waals surface area (Å²) in [7, 11) is 4.33. The van der Waals surface area contributed by atoms with E-state index >= 15 is 0 Å². The van der Waals surface area contributed by atoms with Crippen LogP contribution in [0.5, 0.6) is 0 Å². The lowest BCUT2D eigenvalue weighted by Crippen LogP contribution is -2.99. The summed E-state index contributed by atoms with van der Waals surface area (Å²) in [6.45, 7) is 13.1. The van der Waals surface area contributed by atoms with Crippen molar-refractivity contribution in [2.75, 3.05) is 19.0 Å². The van der Waals surface area contributed by atoms with Gasteiger partial charge in [-0.3, -0.25) is 4.90 Å². The number of anilines is 1. The topological polar surface area (TPSA) is 7.68 Å². The molecule has 0 saturated heterocycles. The lowest BCUT2D eigenvalue weighted by Gasteiger charge is -2.21. The Morgan fingerprint density at radius 2 is 1.17 bits per heavy atom. The van der Waals surface area contributed by atoms with Gasteiger partial charge in [0, 0.05) is 23.9 Å². The molecule has 128 valence electrons. The molecule has 0 radical (unpaired) electrons. The predicted octanol–water partition coefficient (Wildman–Crippen LogP) is 4.29. The molecule has 24 heavy (non-hydrogen) atoms. The smallest absolute Gasteiger partial charge is 0.141 e. The summed E-state index contributed by atoms with van der Waals surface area (Å²) in [4.78, 5) is 3.53. The fourth-order valence-electron chi connectivity index (χ4n) is 3.91. The van der Waals surface area contributed by atoms with Gasteiger partial charge < -0.3 is 4.90 Å². The highest BCUT2D eigenvalue weighted by Crippen LogP contribution is 2.25. The summed E-state index contributed by atoms with van der Waals surface area (Å²) in [5.41, 5.74) is 10.6. The van der Waals surface area contributed by atoms with Gasteiger partial charge >= 0.3 is 0 Å². The lowest BCUT2D eigenvalue weighted by atomic mass is 10.0. The second kappa shape index (κ2) is 7.23. The summed E-state index contributed by atoms with van der Waals surface area (Å²) < 4.78 is 0. The van der Waals surface area contributed by atoms with E-state index in [1.807, 2.05) is 0 Å². The van der Waals surface area contributed by atoms with E-state index < -0.39 is 0 Å². The number of nitrogens with one attached hydrogen (secondary N) is 1. The van der Waals surface area contributed by atoms with Gasteiger partial charge in [0.05, 0.1) is 13.2 Å². The number of benzene rings is 2. The van der Waals surface area contributed by atoms with Crippen LogP contribution in [0.3, 0.4) is 0 Å². The predicted molar refractivity (Wildman–Crippen MR) is 105 cm³/mol. The first-order chi connectivity index (χ1) is 11.2. The van der Waals surface area contributed by atoms with Crippen molar-refractivity contribution in [2.24, 2.45) is 0 Å². The number of aryl methyl sites for hydroxylation is 6. The molecule has 0 saturated carbocycles. The molecular formula is C22H31N2+. The van der Waals surface area contributed by atoms with Gasteiger partial charge in [-0.25, -0.2) is 0 Å². The molecule has 0 amide bonds. The largest absolute Gasteiger partial charge is 0.346 e. The number of hydrogen-bond donors (Lipinski definition) is 1. The van der Waals surface area contributed by atoms with Gasteiger partial charge in [0.2, 0.25) is 0 Å². The van der Waals surface area contributed by atoms with E-state index in [2.05, 4.69) is 97.2 Å². The molecule has 2 aromatic carbocycles. The van der Waals surface area contributed by atoms with E-state index in [-0.39, 0.29) is 0 Å². The minimum atomic E-state index is 1.29. The number of quaternary nitrogens is 1. The van der Waals surface area contributed by atoms with Crippen molar-refractivity contribution in [1.82, 2.24) is 0 Å². The molecule has 1 atom stereocenters. The fourth-order valence-corrected chi connectivity index (χ4v) is 3.91. The molecule has 0 aliphatic rings. The first-order valence-corrected chi connectivity index (χ1v) is 8.61. The van der Waals surface area contributed by atoms with Crippen molar-refractivity contribution in [1.29, 1.82) is 0 Å². The highest BCUT2D eigenvalue weighted by molar-refractivity contribution is 5.61. The Kier molecular flexibility index (Phi) is 5.51. The number of nitrogens with zero attached hydrogens (tertiary/aromatic N) is 1. The van der Waals surface area contributed by atoms with E-state index in [0.717, 1.165) is 0 Å². The SMILES string of the molecule is Cc1cc(C)c(N(C)/C=C\[NH+](C)c2c(C)cc(C)cc2C)c(C)c1. The van der Waals surface area contributed by atoms with Gasteiger partial charge in [-0.1, -0.05) is 35.4 Å². The molecule has 1 unspecified atom stereocenters. The molecular weight excluding hydrogens is 292 g/mol. The molecule has 0 fully saturated rings. The third-order valence-corrected chi connectivity index (χ3v) is 4.61. The molecule has 0 heterocycles. The van der Waals surface area contributed by atoms with Gasteiger partial charge in [0.15, 0.2) is 0 Å². The van der Waals surface area contributed by atoms with Gasteiger partial charge in [-0.2, -0.15) is 0 Å². The van der Waals surface area contributed by atoms with Crippen LogP contribution in [0.4, 0.5) is 11.4 Å². The van der Waals surface area contributed by atoms with Crippen LogP contribution in [0.2, 0.25) is 0 Å². The summed E-state index contributed by atoms with van der Waals surface area (Å²) in [6.07, 6.45) is 4.40. The Bertz CT molecular complexity index is 660. The maximum atomic E-state index is 2.26.